The molecule has 29 heavy (non-hydrogen) atoms. The van der Waals surface area contributed by atoms with Crippen molar-refractivity contribution in [2.45, 2.75) is 76.2 Å². The first kappa shape index (κ1) is 24.4. The van der Waals surface area contributed by atoms with Crippen LogP contribution in [0, 0.1) is 5.92 Å². The number of likely N-dealkylation sites (tertiary alicyclic amines) is 1. The van der Waals surface area contributed by atoms with Crippen molar-refractivity contribution in [1.29, 1.82) is 0 Å². The Kier molecular flexibility index (Phi) is 9.70. The summed E-state index contributed by atoms with van der Waals surface area (Å²) in [6, 6.07) is 9.70. The van der Waals surface area contributed by atoms with Gasteiger partial charge in [-0.15, -0.1) is 24.8 Å². The van der Waals surface area contributed by atoms with Gasteiger partial charge >= 0.3 is 0 Å². The number of hydrogen-bond acceptors (Lipinski definition) is 4. The van der Waals surface area contributed by atoms with Gasteiger partial charge in [-0.2, -0.15) is 0 Å². The highest BCUT2D eigenvalue weighted by molar-refractivity contribution is 5.85. The van der Waals surface area contributed by atoms with Gasteiger partial charge < -0.3 is 15.7 Å². The molecule has 2 unspecified atom stereocenters. The third kappa shape index (κ3) is 6.83. The van der Waals surface area contributed by atoms with Crippen molar-refractivity contribution in [3.05, 3.63) is 35.4 Å². The standard InChI is InChI=1S/C22H33N3O2.2ClH/c26-21-7-9-25(10-8-21)15-18-4-2-1-3-17(18)14-23-22(27)13-16-11-19-5-6-20(12-16)24-19;;/h1-4,16,19-21,24,26H,5-15H2,(H,23,27);2*1H. The smallest absolute Gasteiger partial charge is 0.220 e. The molecule has 0 radical (unpaired) electrons. The molecule has 3 N–H and O–H groups in total. The molecule has 2 bridgehead atoms. The number of amides is 1. The topological polar surface area (TPSA) is 64.6 Å². The molecule has 3 heterocycles. The van der Waals surface area contributed by atoms with Crippen LogP contribution >= 0.6 is 24.8 Å². The quantitative estimate of drug-likeness (QED) is 0.631. The van der Waals surface area contributed by atoms with Crippen LogP contribution < -0.4 is 10.6 Å². The molecule has 0 aliphatic carbocycles. The van der Waals surface area contributed by atoms with Crippen LogP contribution in [0.25, 0.3) is 0 Å². The molecular formula is C22H35Cl2N3O2. The van der Waals surface area contributed by atoms with Gasteiger partial charge in [0.25, 0.3) is 0 Å². The van der Waals surface area contributed by atoms with Gasteiger partial charge in [-0.3, -0.25) is 9.69 Å². The fourth-order valence-electron chi connectivity index (χ4n) is 5.07. The Morgan fingerprint density at radius 2 is 1.66 bits per heavy atom. The van der Waals surface area contributed by atoms with Crippen LogP contribution in [-0.2, 0) is 17.9 Å². The Hall–Kier alpha value is -0.850. The molecule has 7 heteroatoms. The van der Waals surface area contributed by atoms with Crippen LogP contribution in [0.5, 0.6) is 0 Å². The molecule has 0 spiro atoms. The summed E-state index contributed by atoms with van der Waals surface area (Å²) in [6.45, 7) is 3.40. The second-order valence-electron chi connectivity index (χ2n) is 8.73. The molecule has 1 aromatic carbocycles. The summed E-state index contributed by atoms with van der Waals surface area (Å²) in [7, 11) is 0. The number of rotatable bonds is 6. The number of fused-ring (bicyclic) bond motifs is 2. The number of nitrogens with one attached hydrogen (secondary N) is 2. The molecule has 3 fully saturated rings. The summed E-state index contributed by atoms with van der Waals surface area (Å²) in [5.41, 5.74) is 2.50. The third-order valence-electron chi connectivity index (χ3n) is 6.59. The molecular weight excluding hydrogens is 409 g/mol. The monoisotopic (exact) mass is 443 g/mol. The lowest BCUT2D eigenvalue weighted by Gasteiger charge is -2.30. The summed E-state index contributed by atoms with van der Waals surface area (Å²) in [5.74, 6) is 0.732. The SMILES string of the molecule is Cl.Cl.O=C(CC1CC2CCC(C1)N2)NCc1ccccc1CN1CCC(O)CC1. The Labute approximate surface area is 186 Å². The number of carbonyl (C=O) groups is 1. The maximum Gasteiger partial charge on any atom is 0.220 e. The van der Waals surface area contributed by atoms with Crippen molar-refractivity contribution in [2.24, 2.45) is 5.92 Å². The van der Waals surface area contributed by atoms with E-state index in [4.69, 9.17) is 0 Å². The number of benzene rings is 1. The fourth-order valence-corrected chi connectivity index (χ4v) is 5.07. The zero-order chi connectivity index (χ0) is 18.6. The Bertz CT molecular complexity index is 641. The van der Waals surface area contributed by atoms with Gasteiger partial charge in [0.15, 0.2) is 0 Å². The summed E-state index contributed by atoms with van der Waals surface area (Å²) < 4.78 is 0. The molecule has 3 saturated heterocycles. The first-order valence-corrected chi connectivity index (χ1v) is 10.7. The molecule has 4 rings (SSSR count). The van der Waals surface area contributed by atoms with Crippen LogP contribution in [0.2, 0.25) is 0 Å². The number of piperidine rings is 2. The summed E-state index contributed by atoms with van der Waals surface area (Å²) in [4.78, 5) is 14.9. The van der Waals surface area contributed by atoms with Gasteiger partial charge in [-0.1, -0.05) is 24.3 Å². The molecule has 3 aliphatic rings. The van der Waals surface area contributed by atoms with Gasteiger partial charge in [-0.25, -0.2) is 0 Å². The number of aliphatic hydroxyl groups excluding tert-OH is 1. The summed E-state index contributed by atoms with van der Waals surface area (Å²) >= 11 is 0. The maximum absolute atomic E-state index is 12.5. The second kappa shape index (κ2) is 11.5. The van der Waals surface area contributed by atoms with Crippen molar-refractivity contribution in [2.75, 3.05) is 13.1 Å². The molecule has 0 aromatic heterocycles. The van der Waals surface area contributed by atoms with Gasteiger partial charge in [-0.05, 0) is 55.6 Å². The highest BCUT2D eigenvalue weighted by Crippen LogP contribution is 2.32. The zero-order valence-electron chi connectivity index (χ0n) is 17.0. The Morgan fingerprint density at radius 3 is 2.31 bits per heavy atom. The minimum atomic E-state index is -0.138. The predicted molar refractivity (Wildman–Crippen MR) is 121 cm³/mol. The lowest BCUT2D eigenvalue weighted by Crippen LogP contribution is -2.39. The number of aliphatic hydroxyl groups is 1. The van der Waals surface area contributed by atoms with Crippen LogP contribution in [0.1, 0.15) is 56.1 Å². The van der Waals surface area contributed by atoms with Crippen molar-refractivity contribution >= 4 is 30.7 Å². The van der Waals surface area contributed by atoms with E-state index in [2.05, 4.69) is 39.8 Å². The van der Waals surface area contributed by atoms with E-state index >= 15 is 0 Å². The van der Waals surface area contributed by atoms with Crippen molar-refractivity contribution in [3.63, 3.8) is 0 Å². The fraction of sp³-hybridized carbons (Fsp3) is 0.682. The Morgan fingerprint density at radius 1 is 1.03 bits per heavy atom. The van der Waals surface area contributed by atoms with Crippen LogP contribution in [0.3, 0.4) is 0 Å². The lowest BCUT2D eigenvalue weighted by molar-refractivity contribution is -0.122. The average molecular weight is 444 g/mol. The van der Waals surface area contributed by atoms with Gasteiger partial charge in [0.1, 0.15) is 0 Å². The van der Waals surface area contributed by atoms with E-state index in [0.717, 1.165) is 45.3 Å². The molecule has 1 aromatic rings. The largest absolute Gasteiger partial charge is 0.393 e. The van der Waals surface area contributed by atoms with E-state index in [1.165, 1.54) is 24.0 Å². The van der Waals surface area contributed by atoms with Crippen molar-refractivity contribution in [3.8, 4) is 0 Å². The maximum atomic E-state index is 12.5. The molecule has 3 aliphatic heterocycles. The van der Waals surface area contributed by atoms with Crippen LogP contribution in [-0.4, -0.2) is 47.2 Å². The number of nitrogens with zero attached hydrogens (tertiary/aromatic N) is 1. The predicted octanol–water partition coefficient (Wildman–Crippen LogP) is 3.02. The summed E-state index contributed by atoms with van der Waals surface area (Å²) in [6.07, 6.45) is 7.12. The third-order valence-corrected chi connectivity index (χ3v) is 6.59. The van der Waals surface area contributed by atoms with E-state index in [1.807, 2.05) is 0 Å². The minimum Gasteiger partial charge on any atom is -0.393 e. The van der Waals surface area contributed by atoms with E-state index in [1.54, 1.807) is 0 Å². The van der Waals surface area contributed by atoms with Crippen LogP contribution in [0.4, 0.5) is 0 Å². The van der Waals surface area contributed by atoms with Gasteiger partial charge in [0.05, 0.1) is 6.10 Å². The number of carbonyl (C=O) groups excluding carboxylic acids is 1. The highest BCUT2D eigenvalue weighted by Gasteiger charge is 2.34. The molecule has 0 saturated carbocycles. The van der Waals surface area contributed by atoms with Gasteiger partial charge in [0.2, 0.25) is 5.91 Å². The van der Waals surface area contributed by atoms with Crippen molar-refractivity contribution in [1.82, 2.24) is 15.5 Å². The zero-order valence-corrected chi connectivity index (χ0v) is 18.6. The lowest BCUT2D eigenvalue weighted by atomic mass is 9.89. The van der Waals surface area contributed by atoms with E-state index in [-0.39, 0.29) is 36.8 Å². The normalized spacial score (nSPS) is 27.0. The van der Waals surface area contributed by atoms with Crippen LogP contribution in [0.15, 0.2) is 24.3 Å². The summed E-state index contributed by atoms with van der Waals surface area (Å²) in [5, 5.41) is 16.5. The highest BCUT2D eigenvalue weighted by atomic mass is 35.5. The molecule has 164 valence electrons. The molecule has 1 amide bonds. The second-order valence-corrected chi connectivity index (χ2v) is 8.73. The Balaban J connectivity index is 0.00000150. The average Bonchev–Trinajstić information content (AvgIpc) is 3.01. The van der Waals surface area contributed by atoms with E-state index in [0.29, 0.717) is 31.0 Å². The molecule has 2 atom stereocenters. The van der Waals surface area contributed by atoms with E-state index in [9.17, 15) is 9.90 Å². The van der Waals surface area contributed by atoms with E-state index < -0.39 is 0 Å². The van der Waals surface area contributed by atoms with Gasteiger partial charge in [0, 0.05) is 44.7 Å². The number of hydrogen-bond donors (Lipinski definition) is 3. The molecule has 5 nitrogen and oxygen atoms in total. The minimum absolute atomic E-state index is 0. The van der Waals surface area contributed by atoms with Crippen molar-refractivity contribution < 1.29 is 9.90 Å². The first-order valence-electron chi connectivity index (χ1n) is 10.7. The number of halogens is 2. The first-order chi connectivity index (χ1) is 13.2.